The molecule has 2 amide bonds. The van der Waals surface area contributed by atoms with E-state index in [2.05, 4.69) is 22.8 Å². The summed E-state index contributed by atoms with van der Waals surface area (Å²) >= 11 is 0. The summed E-state index contributed by atoms with van der Waals surface area (Å²) in [4.78, 5) is 23.5. The second kappa shape index (κ2) is 6.81. The van der Waals surface area contributed by atoms with E-state index in [0.717, 1.165) is 12.8 Å². The van der Waals surface area contributed by atoms with Gasteiger partial charge in [-0.3, -0.25) is 4.79 Å². The smallest absolute Gasteiger partial charge is 0.407 e. The van der Waals surface area contributed by atoms with E-state index in [9.17, 15) is 9.59 Å². The predicted molar refractivity (Wildman–Crippen MR) is 84.5 cm³/mol. The number of fused-ring (bicyclic) bond motifs is 1. The Hall–Kier alpha value is -2.04. The van der Waals surface area contributed by atoms with Crippen molar-refractivity contribution >= 4 is 12.0 Å². The normalized spacial score (nSPS) is 16.8. The van der Waals surface area contributed by atoms with E-state index in [1.807, 2.05) is 12.1 Å². The summed E-state index contributed by atoms with van der Waals surface area (Å²) < 4.78 is 5.12. The topological polar surface area (TPSA) is 67.4 Å². The van der Waals surface area contributed by atoms with Gasteiger partial charge < -0.3 is 15.4 Å². The number of hydrogen-bond donors (Lipinski definition) is 2. The summed E-state index contributed by atoms with van der Waals surface area (Å²) in [6.45, 7) is 5.68. The van der Waals surface area contributed by atoms with E-state index in [0.29, 0.717) is 0 Å². The third-order valence-electron chi connectivity index (χ3n) is 3.49. The van der Waals surface area contributed by atoms with Crippen molar-refractivity contribution in [1.29, 1.82) is 0 Å². The summed E-state index contributed by atoms with van der Waals surface area (Å²) in [5, 5.41) is 5.62. The first-order valence-corrected chi connectivity index (χ1v) is 7.69. The summed E-state index contributed by atoms with van der Waals surface area (Å²) in [5.41, 5.74) is 1.98. The van der Waals surface area contributed by atoms with E-state index in [-0.39, 0.29) is 24.9 Å². The molecule has 0 fully saturated rings. The van der Waals surface area contributed by atoms with Crippen LogP contribution < -0.4 is 10.6 Å². The Kier molecular flexibility index (Phi) is 5.06. The fourth-order valence-corrected chi connectivity index (χ4v) is 2.57. The van der Waals surface area contributed by atoms with Gasteiger partial charge in [-0.25, -0.2) is 4.79 Å². The average Bonchev–Trinajstić information content (AvgIpc) is 2.80. The van der Waals surface area contributed by atoms with Crippen molar-refractivity contribution in [2.75, 3.05) is 6.54 Å². The first kappa shape index (κ1) is 16.3. The van der Waals surface area contributed by atoms with Crippen molar-refractivity contribution in [2.45, 2.75) is 51.7 Å². The minimum absolute atomic E-state index is 0.0576. The summed E-state index contributed by atoms with van der Waals surface area (Å²) in [6.07, 6.45) is 1.69. The van der Waals surface area contributed by atoms with Gasteiger partial charge in [-0.2, -0.15) is 0 Å². The van der Waals surface area contributed by atoms with Gasteiger partial charge in [-0.15, -0.1) is 0 Å². The number of alkyl carbamates (subject to hydrolysis) is 1. The molecule has 2 rings (SSSR count). The molecule has 5 nitrogen and oxygen atoms in total. The van der Waals surface area contributed by atoms with Crippen LogP contribution in [-0.4, -0.2) is 24.1 Å². The third kappa shape index (κ3) is 4.76. The van der Waals surface area contributed by atoms with Gasteiger partial charge in [0, 0.05) is 13.0 Å². The van der Waals surface area contributed by atoms with E-state index >= 15 is 0 Å². The number of carbonyl (C=O) groups excluding carboxylic acids is 2. The Balaban J connectivity index is 1.72. The maximum Gasteiger partial charge on any atom is 0.407 e. The van der Waals surface area contributed by atoms with Gasteiger partial charge in [-0.05, 0) is 44.7 Å². The molecule has 1 unspecified atom stereocenters. The fraction of sp³-hybridized carbons (Fsp3) is 0.529. The van der Waals surface area contributed by atoms with E-state index < -0.39 is 11.7 Å². The number of aryl methyl sites for hydroxylation is 1. The Morgan fingerprint density at radius 1 is 1.27 bits per heavy atom. The summed E-state index contributed by atoms with van der Waals surface area (Å²) in [7, 11) is 0. The third-order valence-corrected chi connectivity index (χ3v) is 3.49. The van der Waals surface area contributed by atoms with E-state index in [1.54, 1.807) is 20.8 Å². The quantitative estimate of drug-likeness (QED) is 0.898. The van der Waals surface area contributed by atoms with Crippen LogP contribution in [0.2, 0.25) is 0 Å². The van der Waals surface area contributed by atoms with Crippen molar-refractivity contribution in [1.82, 2.24) is 10.6 Å². The van der Waals surface area contributed by atoms with Crippen LogP contribution in [0.25, 0.3) is 0 Å². The Bertz CT molecular complexity index is 549. The molecule has 0 saturated carbocycles. The van der Waals surface area contributed by atoms with Gasteiger partial charge >= 0.3 is 6.09 Å². The highest BCUT2D eigenvalue weighted by Crippen LogP contribution is 2.30. The molecule has 1 aromatic carbocycles. The fourth-order valence-electron chi connectivity index (χ4n) is 2.57. The second-order valence-electron chi connectivity index (χ2n) is 6.54. The number of amides is 2. The van der Waals surface area contributed by atoms with Gasteiger partial charge in [0.2, 0.25) is 5.91 Å². The minimum atomic E-state index is -0.528. The highest BCUT2D eigenvalue weighted by Gasteiger charge is 2.23. The van der Waals surface area contributed by atoms with Gasteiger partial charge in [-0.1, -0.05) is 24.3 Å². The summed E-state index contributed by atoms with van der Waals surface area (Å²) in [6, 6.07) is 8.27. The van der Waals surface area contributed by atoms with Crippen LogP contribution in [0.1, 0.15) is 50.8 Å². The van der Waals surface area contributed by atoms with Gasteiger partial charge in [0.25, 0.3) is 0 Å². The Morgan fingerprint density at radius 2 is 2.00 bits per heavy atom. The molecule has 0 heterocycles. The van der Waals surface area contributed by atoms with Crippen molar-refractivity contribution in [3.8, 4) is 0 Å². The van der Waals surface area contributed by atoms with Crippen molar-refractivity contribution in [2.24, 2.45) is 0 Å². The van der Waals surface area contributed by atoms with Crippen LogP contribution in [0.4, 0.5) is 4.79 Å². The number of rotatable bonds is 4. The number of carbonyl (C=O) groups is 2. The largest absolute Gasteiger partial charge is 0.444 e. The molecular weight excluding hydrogens is 280 g/mol. The monoisotopic (exact) mass is 304 g/mol. The maximum atomic E-state index is 12.0. The molecule has 0 saturated heterocycles. The molecule has 1 atom stereocenters. The first-order valence-electron chi connectivity index (χ1n) is 7.69. The molecular formula is C17H24N2O3. The molecule has 2 N–H and O–H groups in total. The molecule has 0 radical (unpaired) electrons. The van der Waals surface area contributed by atoms with Crippen LogP contribution >= 0.6 is 0 Å². The zero-order valence-corrected chi connectivity index (χ0v) is 13.4. The molecule has 120 valence electrons. The lowest BCUT2D eigenvalue weighted by Crippen LogP contribution is -2.35. The number of hydrogen-bond acceptors (Lipinski definition) is 3. The van der Waals surface area contributed by atoms with Crippen molar-refractivity contribution in [3.05, 3.63) is 35.4 Å². The lowest BCUT2D eigenvalue weighted by Gasteiger charge is -2.19. The first-order chi connectivity index (χ1) is 10.3. The number of nitrogens with one attached hydrogen (secondary N) is 2. The number of benzene rings is 1. The second-order valence-corrected chi connectivity index (χ2v) is 6.54. The van der Waals surface area contributed by atoms with Gasteiger partial charge in [0.05, 0.1) is 6.04 Å². The highest BCUT2D eigenvalue weighted by molar-refractivity contribution is 5.77. The van der Waals surface area contributed by atoms with Gasteiger partial charge in [0.1, 0.15) is 5.60 Å². The SMILES string of the molecule is CC(C)(C)OC(=O)NCCC(=O)NC1CCc2ccccc21. The zero-order valence-electron chi connectivity index (χ0n) is 13.4. The van der Waals surface area contributed by atoms with E-state index in [1.165, 1.54) is 11.1 Å². The Morgan fingerprint density at radius 3 is 2.73 bits per heavy atom. The maximum absolute atomic E-state index is 12.0. The highest BCUT2D eigenvalue weighted by atomic mass is 16.6. The lowest BCUT2D eigenvalue weighted by atomic mass is 10.1. The molecule has 5 heteroatoms. The van der Waals surface area contributed by atoms with Crippen LogP contribution in [0.15, 0.2) is 24.3 Å². The van der Waals surface area contributed by atoms with Crippen LogP contribution in [0.3, 0.4) is 0 Å². The van der Waals surface area contributed by atoms with Gasteiger partial charge in [0.15, 0.2) is 0 Å². The van der Waals surface area contributed by atoms with Crippen LogP contribution in [0, 0.1) is 0 Å². The van der Waals surface area contributed by atoms with Crippen molar-refractivity contribution in [3.63, 3.8) is 0 Å². The molecule has 0 aliphatic heterocycles. The predicted octanol–water partition coefficient (Wildman–Crippen LogP) is 2.70. The van der Waals surface area contributed by atoms with Crippen molar-refractivity contribution < 1.29 is 14.3 Å². The molecule has 0 spiro atoms. The lowest BCUT2D eigenvalue weighted by molar-refractivity contribution is -0.121. The molecule has 1 aromatic rings. The molecule has 0 aromatic heterocycles. The molecule has 0 bridgehead atoms. The zero-order chi connectivity index (χ0) is 16.2. The average molecular weight is 304 g/mol. The molecule has 1 aliphatic rings. The molecule has 1 aliphatic carbocycles. The standard InChI is InChI=1S/C17H24N2O3/c1-17(2,3)22-16(21)18-11-10-15(20)19-14-9-8-12-6-4-5-7-13(12)14/h4-7,14H,8-11H2,1-3H3,(H,18,21)(H,19,20). The van der Waals surface area contributed by atoms with Crippen LogP contribution in [0.5, 0.6) is 0 Å². The minimum Gasteiger partial charge on any atom is -0.444 e. The number of ether oxygens (including phenoxy) is 1. The summed E-state index contributed by atoms with van der Waals surface area (Å²) in [5.74, 6) is -0.0576. The van der Waals surface area contributed by atoms with E-state index in [4.69, 9.17) is 4.74 Å². The Labute approximate surface area is 131 Å². The molecule has 22 heavy (non-hydrogen) atoms. The van der Waals surface area contributed by atoms with Crippen LogP contribution in [-0.2, 0) is 16.0 Å².